The zero-order valence-corrected chi connectivity index (χ0v) is 14.2. The molecule has 2 atom stereocenters. The van der Waals surface area contributed by atoms with Gasteiger partial charge >= 0.3 is 6.03 Å². The van der Waals surface area contributed by atoms with Crippen molar-refractivity contribution < 1.29 is 4.79 Å². The van der Waals surface area contributed by atoms with Gasteiger partial charge in [0.1, 0.15) is 0 Å². The Labute approximate surface area is 143 Å². The largest absolute Gasteiger partial charge is 0.326 e. The number of rotatable bonds is 1. The van der Waals surface area contributed by atoms with E-state index < -0.39 is 0 Å². The Morgan fingerprint density at radius 3 is 2.75 bits per heavy atom. The van der Waals surface area contributed by atoms with Crippen LogP contribution in [0.1, 0.15) is 23.5 Å². The highest BCUT2D eigenvalue weighted by Crippen LogP contribution is 2.45. The summed E-state index contributed by atoms with van der Waals surface area (Å²) in [5.41, 5.74) is 4.48. The molecule has 2 aliphatic rings. The second-order valence-electron chi connectivity index (χ2n) is 6.95. The third-order valence-corrected chi connectivity index (χ3v) is 5.20. The number of aryl methyl sites for hydroxylation is 1. The van der Waals surface area contributed by atoms with E-state index in [9.17, 15) is 4.79 Å². The molecule has 2 aromatic carbocycles. The minimum atomic E-state index is -0.0247. The summed E-state index contributed by atoms with van der Waals surface area (Å²) in [7, 11) is 2.17. The number of para-hydroxylation sites is 1. The van der Waals surface area contributed by atoms with Gasteiger partial charge in [0.25, 0.3) is 0 Å². The summed E-state index contributed by atoms with van der Waals surface area (Å²) in [4.78, 5) is 17.4. The first-order valence-electron chi connectivity index (χ1n) is 8.58. The molecule has 0 spiro atoms. The lowest BCUT2D eigenvalue weighted by atomic mass is 9.89. The first-order chi connectivity index (χ1) is 11.6. The van der Waals surface area contributed by atoms with Crippen molar-refractivity contribution in [1.29, 1.82) is 0 Å². The molecule has 0 unspecified atom stereocenters. The summed E-state index contributed by atoms with van der Waals surface area (Å²) in [5.74, 6) is 0.403. The van der Waals surface area contributed by atoms with E-state index in [1.54, 1.807) is 0 Å². The molecule has 0 aromatic heterocycles. The van der Waals surface area contributed by atoms with Gasteiger partial charge in [-0.15, -0.1) is 0 Å². The summed E-state index contributed by atoms with van der Waals surface area (Å²) in [6, 6.07) is 16.4. The zero-order valence-electron chi connectivity index (χ0n) is 14.2. The Morgan fingerprint density at radius 2 is 1.96 bits per heavy atom. The number of likely N-dealkylation sites (tertiary alicyclic amines) is 1. The smallest absolute Gasteiger partial charge is 0.308 e. The van der Waals surface area contributed by atoms with Crippen LogP contribution in [0, 0.1) is 6.92 Å². The van der Waals surface area contributed by atoms with Crippen molar-refractivity contribution in [2.75, 3.05) is 30.4 Å². The van der Waals surface area contributed by atoms with Gasteiger partial charge in [-0.1, -0.05) is 35.9 Å². The quantitative estimate of drug-likeness (QED) is 0.866. The highest BCUT2D eigenvalue weighted by atomic mass is 16.2. The molecule has 24 heavy (non-hydrogen) atoms. The third kappa shape index (κ3) is 2.57. The highest BCUT2D eigenvalue weighted by Gasteiger charge is 2.43. The van der Waals surface area contributed by atoms with Crippen LogP contribution in [0.2, 0.25) is 0 Å². The van der Waals surface area contributed by atoms with Crippen LogP contribution in [-0.2, 0) is 0 Å². The average Bonchev–Trinajstić information content (AvgIpc) is 2.89. The predicted molar refractivity (Wildman–Crippen MR) is 97.8 cm³/mol. The number of carbonyl (C=O) groups is 1. The molecule has 0 radical (unpaired) electrons. The van der Waals surface area contributed by atoms with Crippen molar-refractivity contribution in [3.8, 4) is 0 Å². The second kappa shape index (κ2) is 5.95. The van der Waals surface area contributed by atoms with Crippen LogP contribution >= 0.6 is 0 Å². The van der Waals surface area contributed by atoms with Crippen molar-refractivity contribution in [3.05, 3.63) is 59.7 Å². The minimum absolute atomic E-state index is 0.0247. The highest BCUT2D eigenvalue weighted by molar-refractivity contribution is 6.04. The number of hydrogen-bond donors (Lipinski definition) is 1. The molecule has 2 amide bonds. The van der Waals surface area contributed by atoms with Gasteiger partial charge in [0, 0.05) is 29.9 Å². The predicted octanol–water partition coefficient (Wildman–Crippen LogP) is 3.83. The number of nitrogens with zero attached hydrogens (tertiary/aromatic N) is 2. The fourth-order valence-electron chi connectivity index (χ4n) is 4.05. The van der Waals surface area contributed by atoms with Crippen LogP contribution < -0.4 is 10.2 Å². The van der Waals surface area contributed by atoms with Crippen molar-refractivity contribution in [1.82, 2.24) is 4.90 Å². The van der Waals surface area contributed by atoms with Gasteiger partial charge in [0.15, 0.2) is 0 Å². The van der Waals surface area contributed by atoms with E-state index in [1.807, 2.05) is 35.2 Å². The van der Waals surface area contributed by atoms with Crippen LogP contribution in [-0.4, -0.2) is 37.1 Å². The van der Waals surface area contributed by atoms with Crippen molar-refractivity contribution in [2.45, 2.75) is 25.3 Å². The molecular weight excluding hydrogens is 298 g/mol. The van der Waals surface area contributed by atoms with Crippen LogP contribution in [0.25, 0.3) is 0 Å². The van der Waals surface area contributed by atoms with E-state index in [0.717, 1.165) is 30.9 Å². The Balaban J connectivity index is 1.68. The number of piperidine rings is 1. The molecule has 0 saturated carbocycles. The number of benzene rings is 2. The number of amides is 2. The molecule has 2 heterocycles. The standard InChI is InChI=1S/C20H23N3O/c1-14-8-9-18-16(12-14)17-13-22(2)11-10-19(17)23(18)20(24)21-15-6-4-3-5-7-15/h3-9,12,17,19H,10-11,13H2,1-2H3,(H,21,24)/t17-,19-/m1/s1. The Bertz CT molecular complexity index is 759. The zero-order chi connectivity index (χ0) is 16.7. The molecule has 124 valence electrons. The molecule has 0 bridgehead atoms. The molecule has 1 fully saturated rings. The number of urea groups is 1. The van der Waals surface area contributed by atoms with Crippen LogP contribution in [0.15, 0.2) is 48.5 Å². The normalized spacial score (nSPS) is 22.8. The number of likely N-dealkylation sites (N-methyl/N-ethyl adjacent to an activating group) is 1. The lowest BCUT2D eigenvalue weighted by Gasteiger charge is -2.36. The Kier molecular flexibility index (Phi) is 3.77. The summed E-state index contributed by atoms with van der Waals surface area (Å²) < 4.78 is 0. The summed E-state index contributed by atoms with van der Waals surface area (Å²) in [6.07, 6.45) is 1.01. The number of fused-ring (bicyclic) bond motifs is 3. The molecular formula is C20H23N3O. The monoisotopic (exact) mass is 321 g/mol. The van der Waals surface area contributed by atoms with Gasteiger partial charge in [-0.05, 0) is 50.7 Å². The van der Waals surface area contributed by atoms with Crippen molar-refractivity contribution in [2.24, 2.45) is 0 Å². The van der Waals surface area contributed by atoms with E-state index in [4.69, 9.17) is 0 Å². The topological polar surface area (TPSA) is 35.6 Å². The van der Waals surface area contributed by atoms with Crippen molar-refractivity contribution in [3.63, 3.8) is 0 Å². The first-order valence-corrected chi connectivity index (χ1v) is 8.58. The number of nitrogens with one attached hydrogen (secondary N) is 1. The van der Waals surface area contributed by atoms with Gasteiger partial charge in [0.2, 0.25) is 0 Å². The van der Waals surface area contributed by atoms with E-state index in [1.165, 1.54) is 11.1 Å². The van der Waals surface area contributed by atoms with Gasteiger partial charge in [0.05, 0.1) is 0 Å². The molecule has 4 heteroatoms. The molecule has 1 N–H and O–H groups in total. The van der Waals surface area contributed by atoms with Crippen LogP contribution in [0.5, 0.6) is 0 Å². The maximum absolute atomic E-state index is 13.0. The van der Waals surface area contributed by atoms with Gasteiger partial charge in [-0.25, -0.2) is 4.79 Å². The van der Waals surface area contributed by atoms with E-state index >= 15 is 0 Å². The summed E-state index contributed by atoms with van der Waals surface area (Å²) in [6.45, 7) is 4.16. The number of hydrogen-bond acceptors (Lipinski definition) is 2. The average molecular weight is 321 g/mol. The molecule has 1 saturated heterocycles. The van der Waals surface area contributed by atoms with E-state index in [0.29, 0.717) is 5.92 Å². The maximum atomic E-state index is 13.0. The number of carbonyl (C=O) groups excluding carboxylic acids is 1. The third-order valence-electron chi connectivity index (χ3n) is 5.20. The Morgan fingerprint density at radius 1 is 1.17 bits per heavy atom. The maximum Gasteiger partial charge on any atom is 0.326 e. The number of anilines is 2. The van der Waals surface area contributed by atoms with Gasteiger partial charge in [-0.3, -0.25) is 4.90 Å². The van der Waals surface area contributed by atoms with Crippen LogP contribution in [0.4, 0.5) is 16.2 Å². The van der Waals surface area contributed by atoms with Gasteiger partial charge in [-0.2, -0.15) is 0 Å². The van der Waals surface area contributed by atoms with E-state index in [2.05, 4.69) is 42.4 Å². The SMILES string of the molecule is Cc1ccc2c(c1)[C@H]1CN(C)CC[C@H]1N2C(=O)Nc1ccccc1. The van der Waals surface area contributed by atoms with Crippen LogP contribution in [0.3, 0.4) is 0 Å². The molecule has 2 aliphatic heterocycles. The fraction of sp³-hybridized carbons (Fsp3) is 0.350. The second-order valence-corrected chi connectivity index (χ2v) is 6.95. The molecule has 4 rings (SSSR count). The lowest BCUT2D eigenvalue weighted by Crippen LogP contribution is -2.48. The molecule has 4 nitrogen and oxygen atoms in total. The van der Waals surface area contributed by atoms with Crippen molar-refractivity contribution >= 4 is 17.4 Å². The lowest BCUT2D eigenvalue weighted by molar-refractivity contribution is 0.224. The Hall–Kier alpha value is -2.33. The minimum Gasteiger partial charge on any atom is -0.308 e. The fourth-order valence-corrected chi connectivity index (χ4v) is 4.05. The molecule has 0 aliphatic carbocycles. The molecule has 2 aromatic rings. The van der Waals surface area contributed by atoms with Gasteiger partial charge < -0.3 is 10.2 Å². The summed E-state index contributed by atoms with van der Waals surface area (Å²) >= 11 is 0. The first kappa shape index (κ1) is 15.2. The van der Waals surface area contributed by atoms with E-state index in [-0.39, 0.29) is 12.1 Å². The summed E-state index contributed by atoms with van der Waals surface area (Å²) in [5, 5.41) is 3.06.